The Hall–Kier alpha value is -4.05. The molecule has 0 spiro atoms. The van der Waals surface area contributed by atoms with Crippen LogP contribution in [0, 0.1) is 23.7 Å². The molecule has 0 fully saturated rings. The Morgan fingerprint density at radius 2 is 1.91 bits per heavy atom. The van der Waals surface area contributed by atoms with E-state index in [4.69, 9.17) is 10.5 Å². The molecule has 1 atom stereocenters. The van der Waals surface area contributed by atoms with Crippen molar-refractivity contribution in [3.63, 3.8) is 0 Å². The van der Waals surface area contributed by atoms with Gasteiger partial charge in [0.1, 0.15) is 11.6 Å². The Bertz CT molecular complexity index is 1270. The molecule has 1 unspecified atom stereocenters. The number of rotatable bonds is 4. The molecule has 4 rings (SSSR count). The van der Waals surface area contributed by atoms with Gasteiger partial charge in [-0.3, -0.25) is 15.0 Å². The number of nitrogens with zero attached hydrogens (tertiary/aromatic N) is 2. The predicted molar refractivity (Wildman–Crippen MR) is 128 cm³/mol. The number of hydrazine groups is 1. The molecule has 1 aliphatic heterocycles. The molecule has 0 saturated carbocycles. The SMILES string of the molecule is COc1cccc(C2C(C#N)=C(N)N(NC(=O)c3ccc(C)cc3)C3=C2C(=O)CC(C)(C)C3)c1. The summed E-state index contributed by atoms with van der Waals surface area (Å²) in [5.74, 6) is -0.336. The number of carbonyl (C=O) groups is 2. The van der Waals surface area contributed by atoms with Crippen molar-refractivity contribution in [2.45, 2.75) is 39.5 Å². The topological polar surface area (TPSA) is 108 Å². The van der Waals surface area contributed by atoms with E-state index in [-0.39, 0.29) is 28.5 Å². The second-order valence-corrected chi connectivity index (χ2v) is 9.56. The number of aryl methyl sites for hydroxylation is 1. The minimum absolute atomic E-state index is 0.0612. The molecular weight excluding hydrogens is 428 g/mol. The molecule has 0 bridgehead atoms. The van der Waals surface area contributed by atoms with Gasteiger partial charge in [0.2, 0.25) is 0 Å². The third-order valence-electron chi connectivity index (χ3n) is 6.34. The van der Waals surface area contributed by atoms with E-state index in [0.717, 1.165) is 11.1 Å². The fourth-order valence-electron chi connectivity index (χ4n) is 4.66. The lowest BCUT2D eigenvalue weighted by molar-refractivity contribution is -0.118. The first-order valence-electron chi connectivity index (χ1n) is 11.1. The van der Waals surface area contributed by atoms with Gasteiger partial charge in [0.15, 0.2) is 5.78 Å². The molecule has 0 saturated heterocycles. The normalized spacial score (nSPS) is 19.4. The smallest absolute Gasteiger partial charge is 0.270 e. The molecule has 174 valence electrons. The highest BCUT2D eigenvalue weighted by Crippen LogP contribution is 2.48. The van der Waals surface area contributed by atoms with Crippen LogP contribution in [0.2, 0.25) is 0 Å². The zero-order chi connectivity index (χ0) is 24.6. The van der Waals surface area contributed by atoms with Crippen LogP contribution in [0.15, 0.2) is 71.2 Å². The van der Waals surface area contributed by atoms with Crippen LogP contribution in [-0.2, 0) is 4.79 Å². The minimum Gasteiger partial charge on any atom is -0.497 e. The van der Waals surface area contributed by atoms with E-state index in [2.05, 4.69) is 11.5 Å². The van der Waals surface area contributed by atoms with Crippen molar-refractivity contribution >= 4 is 11.7 Å². The molecule has 1 amide bonds. The Morgan fingerprint density at radius 1 is 1.21 bits per heavy atom. The summed E-state index contributed by atoms with van der Waals surface area (Å²) in [6.45, 7) is 5.96. The molecular formula is C27H28N4O3. The van der Waals surface area contributed by atoms with Crippen LogP contribution in [0.4, 0.5) is 0 Å². The number of carbonyl (C=O) groups excluding carboxylic acids is 2. The quantitative estimate of drug-likeness (QED) is 0.718. The van der Waals surface area contributed by atoms with Gasteiger partial charge < -0.3 is 10.5 Å². The number of hydrogen-bond acceptors (Lipinski definition) is 6. The summed E-state index contributed by atoms with van der Waals surface area (Å²) in [5, 5.41) is 11.5. The van der Waals surface area contributed by atoms with Crippen LogP contribution in [0.5, 0.6) is 5.75 Å². The van der Waals surface area contributed by atoms with E-state index in [1.165, 1.54) is 5.01 Å². The second kappa shape index (κ2) is 8.71. The number of methoxy groups -OCH3 is 1. The molecule has 2 aromatic carbocycles. The van der Waals surface area contributed by atoms with Crippen molar-refractivity contribution in [1.82, 2.24) is 10.4 Å². The monoisotopic (exact) mass is 456 g/mol. The van der Waals surface area contributed by atoms with Crippen molar-refractivity contribution in [2.75, 3.05) is 7.11 Å². The number of nitrogens with one attached hydrogen (secondary N) is 1. The molecule has 1 aliphatic carbocycles. The lowest BCUT2D eigenvalue weighted by Crippen LogP contribution is -2.49. The summed E-state index contributed by atoms with van der Waals surface area (Å²) in [5.41, 5.74) is 12.6. The Morgan fingerprint density at radius 3 is 2.56 bits per heavy atom. The van der Waals surface area contributed by atoms with Gasteiger partial charge in [0, 0.05) is 17.6 Å². The first-order chi connectivity index (χ1) is 16.1. The summed E-state index contributed by atoms with van der Waals surface area (Å²) in [4.78, 5) is 26.6. The van der Waals surface area contributed by atoms with Crippen LogP contribution in [0.3, 0.4) is 0 Å². The largest absolute Gasteiger partial charge is 0.497 e. The van der Waals surface area contributed by atoms with Crippen LogP contribution < -0.4 is 15.9 Å². The highest BCUT2D eigenvalue weighted by molar-refractivity contribution is 6.01. The van der Waals surface area contributed by atoms with Crippen molar-refractivity contribution < 1.29 is 14.3 Å². The molecule has 0 radical (unpaired) electrons. The van der Waals surface area contributed by atoms with Gasteiger partial charge >= 0.3 is 0 Å². The lowest BCUT2D eigenvalue weighted by Gasteiger charge is -2.43. The number of benzene rings is 2. The zero-order valence-electron chi connectivity index (χ0n) is 19.8. The Kier molecular flexibility index (Phi) is 5.92. The van der Waals surface area contributed by atoms with Crippen LogP contribution in [0.1, 0.15) is 54.1 Å². The van der Waals surface area contributed by atoms with Gasteiger partial charge in [0.05, 0.1) is 30.4 Å². The molecule has 1 heterocycles. The summed E-state index contributed by atoms with van der Waals surface area (Å²) in [7, 11) is 1.57. The maximum atomic E-state index is 13.5. The number of nitriles is 1. The van der Waals surface area contributed by atoms with Gasteiger partial charge in [-0.15, -0.1) is 0 Å². The molecule has 2 aliphatic rings. The predicted octanol–water partition coefficient (Wildman–Crippen LogP) is 4.08. The zero-order valence-corrected chi connectivity index (χ0v) is 19.8. The summed E-state index contributed by atoms with van der Waals surface area (Å²) >= 11 is 0. The number of ketones is 1. The number of Topliss-reactive ketones (excluding diaryl/α,β-unsaturated/α-hetero) is 1. The van der Waals surface area contributed by atoms with Gasteiger partial charge in [-0.25, -0.2) is 5.01 Å². The van der Waals surface area contributed by atoms with E-state index < -0.39 is 5.92 Å². The summed E-state index contributed by atoms with van der Waals surface area (Å²) < 4.78 is 5.37. The number of nitrogens with two attached hydrogens (primary N) is 1. The molecule has 7 nitrogen and oxygen atoms in total. The summed E-state index contributed by atoms with van der Waals surface area (Å²) in [6, 6.07) is 16.6. The van der Waals surface area contributed by atoms with Gasteiger partial charge in [0.25, 0.3) is 5.91 Å². The van der Waals surface area contributed by atoms with E-state index in [1.807, 2.05) is 51.1 Å². The fraction of sp³-hybridized carbons (Fsp3) is 0.296. The molecule has 2 aromatic rings. The van der Waals surface area contributed by atoms with Gasteiger partial charge in [-0.05, 0) is 48.6 Å². The first-order valence-corrected chi connectivity index (χ1v) is 11.1. The first kappa shape index (κ1) is 23.1. The van der Waals surface area contributed by atoms with E-state index in [1.54, 1.807) is 25.3 Å². The minimum atomic E-state index is -0.633. The number of amides is 1. The average Bonchev–Trinajstić information content (AvgIpc) is 2.80. The van der Waals surface area contributed by atoms with Gasteiger partial charge in [-0.1, -0.05) is 43.7 Å². The van der Waals surface area contributed by atoms with Crippen molar-refractivity contribution in [3.05, 3.63) is 87.9 Å². The molecule has 7 heteroatoms. The summed E-state index contributed by atoms with van der Waals surface area (Å²) in [6.07, 6.45) is 0.854. The van der Waals surface area contributed by atoms with Crippen LogP contribution in [-0.4, -0.2) is 23.8 Å². The maximum Gasteiger partial charge on any atom is 0.270 e. The van der Waals surface area contributed by atoms with Crippen molar-refractivity contribution in [3.8, 4) is 11.8 Å². The van der Waals surface area contributed by atoms with Crippen molar-refractivity contribution in [1.29, 1.82) is 5.26 Å². The van der Waals surface area contributed by atoms with E-state index in [0.29, 0.717) is 35.4 Å². The second-order valence-electron chi connectivity index (χ2n) is 9.56. The highest BCUT2D eigenvalue weighted by atomic mass is 16.5. The van der Waals surface area contributed by atoms with E-state index >= 15 is 0 Å². The van der Waals surface area contributed by atoms with Crippen LogP contribution in [0.25, 0.3) is 0 Å². The molecule has 3 N–H and O–H groups in total. The molecule has 34 heavy (non-hydrogen) atoms. The number of ether oxygens (including phenoxy) is 1. The Balaban J connectivity index is 1.85. The average molecular weight is 457 g/mol. The fourth-order valence-corrected chi connectivity index (χ4v) is 4.66. The number of hydrogen-bond donors (Lipinski definition) is 2. The third kappa shape index (κ3) is 4.15. The maximum absolute atomic E-state index is 13.5. The standard InChI is InChI=1S/C27H28N4O3/c1-16-8-10-17(11-9-16)26(33)30-31-21-13-27(2,3)14-22(32)24(21)23(20(15-28)25(31)29)18-6-5-7-19(12-18)34-4/h5-12,23H,13-14,29H2,1-4H3,(H,30,33). The third-order valence-corrected chi connectivity index (χ3v) is 6.34. The van der Waals surface area contributed by atoms with Crippen molar-refractivity contribution in [2.24, 2.45) is 11.1 Å². The Labute approximate surface area is 199 Å². The highest BCUT2D eigenvalue weighted by Gasteiger charge is 2.45. The van der Waals surface area contributed by atoms with Crippen LogP contribution >= 0.6 is 0 Å². The number of allylic oxidation sites excluding steroid dienone is 3. The van der Waals surface area contributed by atoms with E-state index in [9.17, 15) is 14.9 Å². The lowest BCUT2D eigenvalue weighted by atomic mass is 9.69. The van der Waals surface area contributed by atoms with Gasteiger partial charge in [-0.2, -0.15) is 5.26 Å². The molecule has 0 aromatic heterocycles.